The van der Waals surface area contributed by atoms with E-state index >= 15 is 0 Å². The zero-order valence-corrected chi connectivity index (χ0v) is 19.6. The van der Waals surface area contributed by atoms with Crippen molar-refractivity contribution in [3.63, 3.8) is 0 Å². The van der Waals surface area contributed by atoms with Crippen LogP contribution in [0.2, 0.25) is 0 Å². The molecule has 0 radical (unpaired) electrons. The van der Waals surface area contributed by atoms with Gasteiger partial charge in [-0.3, -0.25) is 0 Å². The molecule has 3 aliphatic rings. The van der Waals surface area contributed by atoms with Gasteiger partial charge in [-0.15, -0.1) is 0 Å². The lowest BCUT2D eigenvalue weighted by Gasteiger charge is -2.37. The zero-order valence-electron chi connectivity index (χ0n) is 18.8. The highest BCUT2D eigenvalue weighted by Crippen LogP contribution is 2.42. The lowest BCUT2D eigenvalue weighted by Crippen LogP contribution is -2.30. The van der Waals surface area contributed by atoms with Gasteiger partial charge in [-0.05, 0) is 68.1 Å². The minimum absolute atomic E-state index is 0.0352. The highest BCUT2D eigenvalue weighted by atomic mass is 32.2. The van der Waals surface area contributed by atoms with Gasteiger partial charge in [0, 0.05) is 16.9 Å². The van der Waals surface area contributed by atoms with Crippen molar-refractivity contribution < 1.29 is 32.9 Å². The van der Waals surface area contributed by atoms with Gasteiger partial charge in [-0.2, -0.15) is 24.9 Å². The molecule has 1 fully saturated rings. The Balaban J connectivity index is 1.40. The second-order valence-corrected chi connectivity index (χ2v) is 10.8. The summed E-state index contributed by atoms with van der Waals surface area (Å²) >= 11 is 1.99. The highest BCUT2D eigenvalue weighted by molar-refractivity contribution is 8.00. The molecule has 1 saturated carbocycles. The van der Waals surface area contributed by atoms with E-state index in [9.17, 15) is 13.2 Å². The molecule has 0 spiro atoms. The summed E-state index contributed by atoms with van der Waals surface area (Å²) in [6.07, 6.45) is 5.93. The summed E-state index contributed by atoms with van der Waals surface area (Å²) in [7, 11) is 0. The molecule has 0 aromatic heterocycles. The molecule has 0 heterocycles. The first-order valence-electron chi connectivity index (χ1n) is 11.5. The summed E-state index contributed by atoms with van der Waals surface area (Å²) in [6, 6.07) is 0. The van der Waals surface area contributed by atoms with Gasteiger partial charge in [0.2, 0.25) is 0 Å². The van der Waals surface area contributed by atoms with Crippen LogP contribution in [0.3, 0.4) is 0 Å². The number of rotatable bonds is 8. The molecule has 8 heteroatoms. The molecule has 0 saturated heterocycles. The molecular weight excluding hydrogens is 441 g/mol. The number of aliphatic hydroxyl groups excluding tert-OH is 1. The lowest BCUT2D eigenvalue weighted by atomic mass is 9.82. The van der Waals surface area contributed by atoms with Crippen molar-refractivity contribution in [2.24, 2.45) is 23.7 Å². The summed E-state index contributed by atoms with van der Waals surface area (Å²) in [4.78, 5) is 0. The van der Waals surface area contributed by atoms with Crippen LogP contribution in [-0.2, 0) is 9.47 Å². The summed E-state index contributed by atoms with van der Waals surface area (Å²) < 4.78 is 49.7. The van der Waals surface area contributed by atoms with Crippen LogP contribution in [0.1, 0.15) is 52.4 Å². The molecule has 0 aromatic carbocycles. The van der Waals surface area contributed by atoms with E-state index < -0.39 is 18.4 Å². The van der Waals surface area contributed by atoms with Gasteiger partial charge in [-0.25, -0.2) is 0 Å². The maximum atomic E-state index is 12.8. The number of ether oxygens (including phenoxy) is 2. The Kier molecular flexibility index (Phi) is 9.04. The molecule has 0 aliphatic heterocycles. The Labute approximate surface area is 192 Å². The van der Waals surface area contributed by atoms with Crippen LogP contribution >= 0.6 is 11.8 Å². The van der Waals surface area contributed by atoms with Crippen LogP contribution in [-0.4, -0.2) is 46.4 Å². The van der Waals surface area contributed by atoms with Gasteiger partial charge in [0.15, 0.2) is 6.29 Å². The molecular formula is C24H35F3O4S. The molecule has 3 aliphatic carbocycles. The third-order valence-corrected chi connectivity index (χ3v) is 8.61. The third-order valence-electron chi connectivity index (χ3n) is 6.66. The number of hydrogen-bond donors (Lipinski definition) is 2. The molecule has 5 unspecified atom stereocenters. The Morgan fingerprint density at radius 2 is 1.94 bits per heavy atom. The second kappa shape index (κ2) is 11.3. The second-order valence-electron chi connectivity index (χ2n) is 9.37. The molecule has 0 aromatic rings. The maximum absolute atomic E-state index is 12.8. The highest BCUT2D eigenvalue weighted by Gasteiger charge is 2.40. The fourth-order valence-electron chi connectivity index (χ4n) is 4.71. The van der Waals surface area contributed by atoms with Crippen molar-refractivity contribution >= 4 is 11.8 Å². The summed E-state index contributed by atoms with van der Waals surface area (Å²) in [5, 5.41) is 18.8. The minimum Gasteiger partial charge on any atom is -0.498 e. The molecule has 3 rings (SSSR count). The van der Waals surface area contributed by atoms with E-state index in [0.29, 0.717) is 47.0 Å². The van der Waals surface area contributed by atoms with Gasteiger partial charge in [0.1, 0.15) is 12.4 Å². The number of aliphatic hydroxyl groups is 2. The zero-order chi connectivity index (χ0) is 23.3. The van der Waals surface area contributed by atoms with Gasteiger partial charge < -0.3 is 19.7 Å². The van der Waals surface area contributed by atoms with Gasteiger partial charge in [0.25, 0.3) is 0 Å². The SMILES string of the molecule is CC1CC(COC2=CCC(C(F)(F)F)CC2)CCC1S[C@H]1C=CC(OCC(O)O)=CC1C. The van der Waals surface area contributed by atoms with Crippen molar-refractivity contribution in [1.29, 1.82) is 0 Å². The quantitative estimate of drug-likeness (QED) is 0.449. The van der Waals surface area contributed by atoms with Crippen LogP contribution in [0.15, 0.2) is 35.8 Å². The van der Waals surface area contributed by atoms with Gasteiger partial charge >= 0.3 is 6.18 Å². The molecule has 182 valence electrons. The van der Waals surface area contributed by atoms with Gasteiger partial charge in [-0.1, -0.05) is 19.9 Å². The smallest absolute Gasteiger partial charge is 0.392 e. The molecule has 6 atom stereocenters. The van der Waals surface area contributed by atoms with Crippen LogP contribution < -0.4 is 0 Å². The Bertz CT molecular complexity index is 704. The summed E-state index contributed by atoms with van der Waals surface area (Å²) in [6.45, 7) is 4.89. The normalized spacial score (nSPS) is 33.6. The number of hydrogen-bond acceptors (Lipinski definition) is 5. The van der Waals surface area contributed by atoms with E-state index in [1.807, 2.05) is 23.9 Å². The van der Waals surface area contributed by atoms with Crippen LogP contribution in [0.5, 0.6) is 0 Å². The van der Waals surface area contributed by atoms with Crippen LogP contribution in [0.4, 0.5) is 13.2 Å². The maximum Gasteiger partial charge on any atom is 0.392 e. The van der Waals surface area contributed by atoms with Crippen molar-refractivity contribution in [3.8, 4) is 0 Å². The standard InChI is InChI=1S/C24H35F3O4S/c1-15-11-17(13-30-19-6-4-18(5-7-19)24(25,26)27)3-9-21(15)32-22-10-8-20(12-16(22)2)31-14-23(28)29/h6,8,10,12,15-18,21-23,28-29H,3-5,7,9,11,13-14H2,1-2H3/t15?,16?,17?,18?,21?,22-/m0/s1. The molecule has 4 nitrogen and oxygen atoms in total. The van der Waals surface area contributed by atoms with Gasteiger partial charge in [0.05, 0.1) is 18.3 Å². The average molecular weight is 477 g/mol. The predicted octanol–water partition coefficient (Wildman–Crippen LogP) is 5.57. The van der Waals surface area contributed by atoms with Crippen molar-refractivity contribution in [1.82, 2.24) is 0 Å². The van der Waals surface area contributed by atoms with Crippen LogP contribution in [0.25, 0.3) is 0 Å². The predicted molar refractivity (Wildman–Crippen MR) is 120 cm³/mol. The number of thioether (sulfide) groups is 1. The third kappa shape index (κ3) is 7.45. The van der Waals surface area contributed by atoms with E-state index in [-0.39, 0.29) is 19.4 Å². The Morgan fingerprint density at radius 1 is 1.16 bits per heavy atom. The number of halogens is 3. The first kappa shape index (κ1) is 25.5. The molecule has 0 amide bonds. The monoisotopic (exact) mass is 476 g/mol. The van der Waals surface area contributed by atoms with Crippen molar-refractivity contribution in [3.05, 3.63) is 35.8 Å². The minimum atomic E-state index is -4.11. The lowest BCUT2D eigenvalue weighted by molar-refractivity contribution is -0.177. The molecule has 2 N–H and O–H groups in total. The Hall–Kier alpha value is -1.12. The van der Waals surface area contributed by atoms with E-state index in [1.54, 1.807) is 6.08 Å². The average Bonchev–Trinajstić information content (AvgIpc) is 2.73. The van der Waals surface area contributed by atoms with E-state index in [0.717, 1.165) is 25.0 Å². The van der Waals surface area contributed by atoms with Crippen molar-refractivity contribution in [2.75, 3.05) is 13.2 Å². The molecule has 32 heavy (non-hydrogen) atoms. The largest absolute Gasteiger partial charge is 0.498 e. The number of allylic oxidation sites excluding steroid dienone is 4. The number of alkyl halides is 3. The Morgan fingerprint density at radius 3 is 2.53 bits per heavy atom. The van der Waals surface area contributed by atoms with E-state index in [2.05, 4.69) is 19.9 Å². The van der Waals surface area contributed by atoms with E-state index in [1.165, 1.54) is 0 Å². The van der Waals surface area contributed by atoms with Crippen molar-refractivity contribution in [2.45, 2.75) is 75.3 Å². The summed E-state index contributed by atoms with van der Waals surface area (Å²) in [5.74, 6) is 1.47. The fourth-order valence-corrected chi connectivity index (χ4v) is 6.26. The fraction of sp³-hybridized carbons (Fsp3) is 0.750. The first-order chi connectivity index (χ1) is 15.1. The topological polar surface area (TPSA) is 58.9 Å². The van der Waals surface area contributed by atoms with Crippen LogP contribution in [0, 0.1) is 23.7 Å². The van der Waals surface area contributed by atoms with E-state index in [4.69, 9.17) is 19.7 Å². The summed E-state index contributed by atoms with van der Waals surface area (Å²) in [5.41, 5.74) is 0. The molecule has 0 bridgehead atoms. The first-order valence-corrected chi connectivity index (χ1v) is 12.5.